The molecule has 1 aromatic rings. The zero-order valence-electron chi connectivity index (χ0n) is 14.7. The van der Waals surface area contributed by atoms with Crippen molar-refractivity contribution in [2.75, 3.05) is 13.7 Å². The highest BCUT2D eigenvalue weighted by Crippen LogP contribution is 2.33. The molecule has 0 aromatic heterocycles. The van der Waals surface area contributed by atoms with Gasteiger partial charge < -0.3 is 9.47 Å². The van der Waals surface area contributed by atoms with Crippen LogP contribution in [0.1, 0.15) is 44.6 Å². The van der Waals surface area contributed by atoms with Crippen molar-refractivity contribution in [2.24, 2.45) is 5.92 Å². The molecule has 1 aliphatic rings. The third-order valence-corrected chi connectivity index (χ3v) is 5.67. The molecule has 1 saturated carbocycles. The molecule has 4 heteroatoms. The van der Waals surface area contributed by atoms with E-state index in [1.165, 1.54) is 31.2 Å². The van der Waals surface area contributed by atoms with Crippen LogP contribution >= 0.6 is 11.8 Å². The number of carbonyl (C=O) groups excluding carboxylic acids is 1. The molecule has 132 valence electrons. The SMILES string of the molecule is CCOC(=O)/C=C/[C@H](CC1CCCC1)SCc1ccc(OC)cc1. The molecule has 0 spiro atoms. The van der Waals surface area contributed by atoms with Crippen LogP contribution in [-0.4, -0.2) is 24.9 Å². The molecule has 1 atom stereocenters. The molecular weight excluding hydrogens is 320 g/mol. The minimum absolute atomic E-state index is 0.237. The number of ether oxygens (including phenoxy) is 2. The maximum absolute atomic E-state index is 11.6. The van der Waals surface area contributed by atoms with Gasteiger partial charge >= 0.3 is 5.97 Å². The molecule has 0 saturated heterocycles. The van der Waals surface area contributed by atoms with Crippen molar-refractivity contribution in [3.8, 4) is 5.75 Å². The Morgan fingerprint density at radius 3 is 2.62 bits per heavy atom. The average Bonchev–Trinajstić information content (AvgIpc) is 3.11. The van der Waals surface area contributed by atoms with Crippen LogP contribution in [0.25, 0.3) is 0 Å². The maximum Gasteiger partial charge on any atom is 0.330 e. The summed E-state index contributed by atoms with van der Waals surface area (Å²) in [7, 11) is 1.68. The van der Waals surface area contributed by atoms with Crippen LogP contribution in [0.5, 0.6) is 5.75 Å². The molecule has 0 aliphatic heterocycles. The number of methoxy groups -OCH3 is 1. The fraction of sp³-hybridized carbons (Fsp3) is 0.550. The molecule has 1 aromatic carbocycles. The van der Waals surface area contributed by atoms with E-state index in [0.717, 1.165) is 23.8 Å². The minimum Gasteiger partial charge on any atom is -0.497 e. The lowest BCUT2D eigenvalue weighted by atomic mass is 10.0. The highest BCUT2D eigenvalue weighted by Gasteiger charge is 2.19. The molecule has 0 N–H and O–H groups in total. The first-order chi connectivity index (χ1) is 11.7. The third kappa shape index (κ3) is 6.60. The van der Waals surface area contributed by atoms with E-state index in [2.05, 4.69) is 12.1 Å². The Kier molecular flexibility index (Phi) is 8.23. The monoisotopic (exact) mass is 348 g/mol. The molecule has 0 amide bonds. The summed E-state index contributed by atoms with van der Waals surface area (Å²) >= 11 is 1.90. The molecule has 2 rings (SSSR count). The summed E-state index contributed by atoms with van der Waals surface area (Å²) in [4.78, 5) is 11.6. The lowest BCUT2D eigenvalue weighted by molar-refractivity contribution is -0.137. The summed E-state index contributed by atoms with van der Waals surface area (Å²) in [6.45, 7) is 2.26. The fourth-order valence-electron chi connectivity index (χ4n) is 3.08. The Hall–Kier alpha value is -1.42. The van der Waals surface area contributed by atoms with Gasteiger partial charge in [0.15, 0.2) is 0 Å². The van der Waals surface area contributed by atoms with E-state index in [0.29, 0.717) is 11.9 Å². The van der Waals surface area contributed by atoms with Gasteiger partial charge in [0.2, 0.25) is 0 Å². The highest BCUT2D eigenvalue weighted by molar-refractivity contribution is 7.99. The lowest BCUT2D eigenvalue weighted by Gasteiger charge is -2.17. The Bertz CT molecular complexity index is 518. The predicted molar refractivity (Wildman–Crippen MR) is 100 cm³/mol. The van der Waals surface area contributed by atoms with Gasteiger partial charge in [-0.05, 0) is 37.0 Å². The van der Waals surface area contributed by atoms with Gasteiger partial charge in [-0.15, -0.1) is 11.8 Å². The Balaban J connectivity index is 1.91. The van der Waals surface area contributed by atoms with Crippen LogP contribution in [0.2, 0.25) is 0 Å². The number of thioether (sulfide) groups is 1. The number of rotatable bonds is 9. The summed E-state index contributed by atoms with van der Waals surface area (Å²) in [5.74, 6) is 2.38. The second kappa shape index (κ2) is 10.4. The van der Waals surface area contributed by atoms with Crippen LogP contribution in [0.15, 0.2) is 36.4 Å². The Labute approximate surface area is 149 Å². The normalized spacial score (nSPS) is 16.4. The van der Waals surface area contributed by atoms with E-state index in [-0.39, 0.29) is 5.97 Å². The molecular formula is C20H28O3S. The van der Waals surface area contributed by atoms with Crippen molar-refractivity contribution in [2.45, 2.75) is 50.0 Å². The van der Waals surface area contributed by atoms with Gasteiger partial charge in [0, 0.05) is 17.1 Å². The highest BCUT2D eigenvalue weighted by atomic mass is 32.2. The van der Waals surface area contributed by atoms with E-state index in [1.807, 2.05) is 36.9 Å². The first-order valence-electron chi connectivity index (χ1n) is 8.80. The number of hydrogen-bond acceptors (Lipinski definition) is 4. The van der Waals surface area contributed by atoms with Crippen LogP contribution in [0.4, 0.5) is 0 Å². The van der Waals surface area contributed by atoms with Crippen LogP contribution < -0.4 is 4.74 Å². The van der Waals surface area contributed by atoms with Crippen LogP contribution in [0.3, 0.4) is 0 Å². The van der Waals surface area contributed by atoms with Crippen LogP contribution in [-0.2, 0) is 15.3 Å². The summed E-state index contributed by atoms with van der Waals surface area (Å²) in [6.07, 6.45) is 10.1. The van der Waals surface area contributed by atoms with E-state index in [1.54, 1.807) is 13.2 Å². The van der Waals surface area contributed by atoms with Crippen molar-refractivity contribution in [3.63, 3.8) is 0 Å². The number of carbonyl (C=O) groups is 1. The van der Waals surface area contributed by atoms with E-state index >= 15 is 0 Å². The second-order valence-corrected chi connectivity index (χ2v) is 7.42. The van der Waals surface area contributed by atoms with Crippen molar-refractivity contribution < 1.29 is 14.3 Å². The van der Waals surface area contributed by atoms with Gasteiger partial charge in [-0.25, -0.2) is 4.79 Å². The number of esters is 1. The molecule has 1 fully saturated rings. The van der Waals surface area contributed by atoms with Crippen molar-refractivity contribution in [1.29, 1.82) is 0 Å². The van der Waals surface area contributed by atoms with Crippen LogP contribution in [0, 0.1) is 5.92 Å². The Morgan fingerprint density at radius 1 is 1.29 bits per heavy atom. The largest absolute Gasteiger partial charge is 0.497 e. The molecule has 0 unspecified atom stereocenters. The van der Waals surface area contributed by atoms with E-state index in [4.69, 9.17) is 9.47 Å². The lowest BCUT2D eigenvalue weighted by Crippen LogP contribution is -2.08. The smallest absolute Gasteiger partial charge is 0.330 e. The summed E-state index contributed by atoms with van der Waals surface area (Å²) in [6, 6.07) is 8.20. The molecule has 0 bridgehead atoms. The predicted octanol–water partition coefficient (Wildman–Crippen LogP) is 5.00. The zero-order chi connectivity index (χ0) is 17.2. The first kappa shape index (κ1) is 18.9. The topological polar surface area (TPSA) is 35.5 Å². The summed E-state index contributed by atoms with van der Waals surface area (Å²) in [5.41, 5.74) is 1.28. The molecule has 0 radical (unpaired) electrons. The van der Waals surface area contributed by atoms with Gasteiger partial charge in [-0.2, -0.15) is 0 Å². The average molecular weight is 349 g/mol. The van der Waals surface area contributed by atoms with E-state index in [9.17, 15) is 4.79 Å². The van der Waals surface area contributed by atoms with Gasteiger partial charge in [-0.1, -0.05) is 43.9 Å². The molecule has 24 heavy (non-hydrogen) atoms. The molecule has 0 heterocycles. The van der Waals surface area contributed by atoms with E-state index < -0.39 is 0 Å². The minimum atomic E-state index is -0.237. The maximum atomic E-state index is 11.6. The number of benzene rings is 1. The van der Waals surface area contributed by atoms with Crippen molar-refractivity contribution >= 4 is 17.7 Å². The fourth-order valence-corrected chi connectivity index (χ4v) is 4.27. The Morgan fingerprint density at radius 2 is 2.00 bits per heavy atom. The van der Waals surface area contributed by atoms with Gasteiger partial charge in [0.05, 0.1) is 13.7 Å². The molecule has 3 nitrogen and oxygen atoms in total. The molecule has 1 aliphatic carbocycles. The first-order valence-corrected chi connectivity index (χ1v) is 9.85. The second-order valence-electron chi connectivity index (χ2n) is 6.19. The quantitative estimate of drug-likeness (QED) is 0.465. The van der Waals surface area contributed by atoms with Crippen molar-refractivity contribution in [1.82, 2.24) is 0 Å². The zero-order valence-corrected chi connectivity index (χ0v) is 15.5. The van der Waals surface area contributed by atoms with Gasteiger partial charge in [0.25, 0.3) is 0 Å². The summed E-state index contributed by atoms with van der Waals surface area (Å²) in [5, 5.41) is 0.361. The number of hydrogen-bond donors (Lipinski definition) is 0. The van der Waals surface area contributed by atoms with Gasteiger partial charge in [-0.3, -0.25) is 0 Å². The van der Waals surface area contributed by atoms with Crippen molar-refractivity contribution in [3.05, 3.63) is 42.0 Å². The summed E-state index contributed by atoms with van der Waals surface area (Å²) < 4.78 is 10.2. The van der Waals surface area contributed by atoms with Gasteiger partial charge in [0.1, 0.15) is 5.75 Å². The standard InChI is InChI=1S/C20H28O3S/c1-3-23-20(21)13-12-19(14-16-6-4-5-7-16)24-15-17-8-10-18(22-2)11-9-17/h8-13,16,19H,3-7,14-15H2,1-2H3/b13-12+/t19-/m1/s1. The third-order valence-electron chi connectivity index (χ3n) is 4.40.